The number of nitrogens with one attached hydrogen (secondary N) is 3. The van der Waals surface area contributed by atoms with Crippen LogP contribution in [0.1, 0.15) is 48.0 Å². The summed E-state index contributed by atoms with van der Waals surface area (Å²) in [5.74, 6) is -0.954. The van der Waals surface area contributed by atoms with Crippen LogP contribution in [-0.4, -0.2) is 36.9 Å². The number of H-pyrrole nitrogens is 1. The van der Waals surface area contributed by atoms with E-state index in [-0.39, 0.29) is 11.8 Å². The molecule has 1 aromatic heterocycles. The molecule has 0 aliphatic rings. The van der Waals surface area contributed by atoms with Gasteiger partial charge in [-0.05, 0) is 37.1 Å². The molecule has 2 rings (SSSR count). The summed E-state index contributed by atoms with van der Waals surface area (Å²) >= 11 is 0. The van der Waals surface area contributed by atoms with Gasteiger partial charge in [0, 0.05) is 24.8 Å². The number of aryl methyl sites for hydroxylation is 1. The summed E-state index contributed by atoms with van der Waals surface area (Å²) in [4.78, 5) is 38.6. The van der Waals surface area contributed by atoms with Crippen LogP contribution in [0.15, 0.2) is 24.3 Å². The molecular formula is C18H21N3O4. The van der Waals surface area contributed by atoms with E-state index in [0.717, 1.165) is 5.56 Å². The van der Waals surface area contributed by atoms with Gasteiger partial charge < -0.3 is 20.4 Å². The second-order valence-corrected chi connectivity index (χ2v) is 5.58. The zero-order valence-corrected chi connectivity index (χ0v) is 14.6. The number of rotatable bonds is 5. The molecule has 0 fully saturated rings. The third-order valence-corrected chi connectivity index (χ3v) is 3.95. The van der Waals surface area contributed by atoms with Gasteiger partial charge in [-0.2, -0.15) is 0 Å². The molecule has 0 spiro atoms. The van der Waals surface area contributed by atoms with E-state index in [9.17, 15) is 14.4 Å². The second-order valence-electron chi connectivity index (χ2n) is 5.58. The Kier molecular flexibility index (Phi) is 5.59. The first-order valence-electron chi connectivity index (χ1n) is 7.75. The minimum atomic E-state index is -0.477. The highest BCUT2D eigenvalue weighted by atomic mass is 16.5. The van der Waals surface area contributed by atoms with Gasteiger partial charge >= 0.3 is 5.97 Å². The number of hydrogen-bond acceptors (Lipinski definition) is 4. The minimum Gasteiger partial charge on any atom is -0.465 e. The number of amides is 2. The Balaban J connectivity index is 2.08. The molecule has 0 unspecified atom stereocenters. The fraction of sp³-hybridized carbons (Fsp3) is 0.278. The van der Waals surface area contributed by atoms with Crippen molar-refractivity contribution in [1.29, 1.82) is 0 Å². The molecule has 25 heavy (non-hydrogen) atoms. The van der Waals surface area contributed by atoms with Crippen molar-refractivity contribution in [1.82, 2.24) is 15.6 Å². The van der Waals surface area contributed by atoms with Crippen LogP contribution in [0.5, 0.6) is 0 Å². The summed E-state index contributed by atoms with van der Waals surface area (Å²) in [5.41, 5.74) is 3.26. The molecule has 7 heteroatoms. The van der Waals surface area contributed by atoms with Crippen molar-refractivity contribution in [2.45, 2.75) is 20.4 Å². The molecule has 0 saturated heterocycles. The summed E-state index contributed by atoms with van der Waals surface area (Å²) in [6.07, 6.45) is 0. The molecule has 2 aromatic rings. The maximum absolute atomic E-state index is 12.4. The SMILES string of the molecule is CNC(=O)c1ccc(CNC(=O)c2[nH]c(C)c(C(=O)OC)c2C)cc1. The van der Waals surface area contributed by atoms with Crippen molar-refractivity contribution in [3.05, 3.63) is 57.9 Å². The van der Waals surface area contributed by atoms with E-state index in [4.69, 9.17) is 4.74 Å². The van der Waals surface area contributed by atoms with Crippen LogP contribution in [0, 0.1) is 13.8 Å². The van der Waals surface area contributed by atoms with Crippen molar-refractivity contribution < 1.29 is 19.1 Å². The standard InChI is InChI=1S/C18H21N3O4/c1-10-14(18(24)25-4)11(2)21-15(10)17(23)20-9-12-5-7-13(8-6-12)16(22)19-3/h5-8,21H,9H2,1-4H3,(H,19,22)(H,20,23). The van der Waals surface area contributed by atoms with Crippen LogP contribution in [0.4, 0.5) is 0 Å². The van der Waals surface area contributed by atoms with E-state index in [1.165, 1.54) is 7.11 Å². The van der Waals surface area contributed by atoms with Gasteiger partial charge in [-0.15, -0.1) is 0 Å². The van der Waals surface area contributed by atoms with Crippen LogP contribution in [-0.2, 0) is 11.3 Å². The molecule has 7 nitrogen and oxygen atoms in total. The summed E-state index contributed by atoms with van der Waals surface area (Å²) in [7, 11) is 2.87. The third kappa shape index (κ3) is 3.88. The summed E-state index contributed by atoms with van der Waals surface area (Å²) in [5, 5.41) is 5.34. The lowest BCUT2D eigenvalue weighted by Gasteiger charge is -2.06. The summed E-state index contributed by atoms with van der Waals surface area (Å²) < 4.78 is 4.74. The van der Waals surface area contributed by atoms with Gasteiger partial charge in [0.2, 0.25) is 0 Å². The van der Waals surface area contributed by atoms with E-state index in [1.807, 2.05) is 0 Å². The van der Waals surface area contributed by atoms with Gasteiger partial charge in [0.25, 0.3) is 11.8 Å². The van der Waals surface area contributed by atoms with Crippen LogP contribution in [0.25, 0.3) is 0 Å². The molecule has 0 saturated carbocycles. The Bertz CT molecular complexity index is 806. The fourth-order valence-electron chi connectivity index (χ4n) is 2.57. The molecule has 0 atom stereocenters. The topological polar surface area (TPSA) is 100 Å². The second kappa shape index (κ2) is 7.65. The fourth-order valence-corrected chi connectivity index (χ4v) is 2.57. The van der Waals surface area contributed by atoms with Crippen molar-refractivity contribution in [3.63, 3.8) is 0 Å². The molecule has 0 radical (unpaired) electrons. The van der Waals surface area contributed by atoms with Crippen molar-refractivity contribution in [2.75, 3.05) is 14.2 Å². The first-order chi connectivity index (χ1) is 11.9. The van der Waals surface area contributed by atoms with Gasteiger partial charge in [0.15, 0.2) is 0 Å². The number of benzene rings is 1. The van der Waals surface area contributed by atoms with Crippen molar-refractivity contribution in [3.8, 4) is 0 Å². The molecule has 0 bridgehead atoms. The highest BCUT2D eigenvalue weighted by Gasteiger charge is 2.22. The van der Waals surface area contributed by atoms with Crippen LogP contribution in [0.3, 0.4) is 0 Å². The maximum atomic E-state index is 12.4. The number of hydrogen-bond donors (Lipinski definition) is 3. The number of esters is 1. The molecule has 0 aliphatic heterocycles. The van der Waals surface area contributed by atoms with Crippen molar-refractivity contribution >= 4 is 17.8 Å². The highest BCUT2D eigenvalue weighted by molar-refractivity contribution is 6.00. The highest BCUT2D eigenvalue weighted by Crippen LogP contribution is 2.19. The first-order valence-corrected chi connectivity index (χ1v) is 7.75. The van der Waals surface area contributed by atoms with Crippen molar-refractivity contribution in [2.24, 2.45) is 0 Å². The molecular weight excluding hydrogens is 322 g/mol. The Morgan fingerprint density at radius 2 is 1.72 bits per heavy atom. The van der Waals surface area contributed by atoms with Gasteiger partial charge in [-0.1, -0.05) is 12.1 Å². The van der Waals surface area contributed by atoms with Gasteiger partial charge in [0.1, 0.15) is 5.69 Å². The van der Waals surface area contributed by atoms with Gasteiger partial charge in [-0.3, -0.25) is 9.59 Å². The Labute approximate surface area is 145 Å². The molecule has 1 heterocycles. The normalized spacial score (nSPS) is 10.2. The predicted molar refractivity (Wildman–Crippen MR) is 92.6 cm³/mol. The van der Waals surface area contributed by atoms with E-state index in [0.29, 0.717) is 34.6 Å². The largest absolute Gasteiger partial charge is 0.465 e. The minimum absolute atomic E-state index is 0.164. The summed E-state index contributed by atoms with van der Waals surface area (Å²) in [6, 6.07) is 6.94. The monoisotopic (exact) mass is 343 g/mol. The number of carbonyl (C=O) groups excluding carboxylic acids is 3. The zero-order chi connectivity index (χ0) is 18.6. The van der Waals surface area contributed by atoms with E-state index < -0.39 is 5.97 Å². The van der Waals surface area contributed by atoms with Gasteiger partial charge in [0.05, 0.1) is 12.7 Å². The lowest BCUT2D eigenvalue weighted by atomic mass is 10.1. The average Bonchev–Trinajstić information content (AvgIpc) is 2.93. The number of aromatic nitrogens is 1. The number of carbonyl (C=O) groups is 3. The van der Waals surface area contributed by atoms with Crippen LogP contribution < -0.4 is 10.6 Å². The molecule has 0 aliphatic carbocycles. The average molecular weight is 343 g/mol. The third-order valence-electron chi connectivity index (χ3n) is 3.95. The number of aromatic amines is 1. The van der Waals surface area contributed by atoms with Gasteiger partial charge in [-0.25, -0.2) is 4.79 Å². The Hall–Kier alpha value is -3.09. The lowest BCUT2D eigenvalue weighted by Crippen LogP contribution is -2.24. The first kappa shape index (κ1) is 18.3. The van der Waals surface area contributed by atoms with Crippen LogP contribution in [0.2, 0.25) is 0 Å². The predicted octanol–water partition coefficient (Wildman–Crippen LogP) is 1.71. The van der Waals surface area contributed by atoms with E-state index >= 15 is 0 Å². The Morgan fingerprint density at radius 3 is 2.28 bits per heavy atom. The molecule has 1 aromatic carbocycles. The Morgan fingerprint density at radius 1 is 1.08 bits per heavy atom. The number of ether oxygens (including phenoxy) is 1. The van der Waals surface area contributed by atoms with E-state index in [2.05, 4.69) is 15.6 Å². The smallest absolute Gasteiger partial charge is 0.339 e. The quantitative estimate of drug-likeness (QED) is 0.720. The van der Waals surface area contributed by atoms with Crippen LogP contribution >= 0.6 is 0 Å². The zero-order valence-electron chi connectivity index (χ0n) is 14.6. The molecule has 3 N–H and O–H groups in total. The molecule has 132 valence electrons. The summed E-state index contributed by atoms with van der Waals surface area (Å²) in [6.45, 7) is 3.72. The molecule has 2 amide bonds. The van der Waals surface area contributed by atoms with E-state index in [1.54, 1.807) is 45.2 Å². The maximum Gasteiger partial charge on any atom is 0.339 e. The number of methoxy groups -OCH3 is 1. The lowest BCUT2D eigenvalue weighted by molar-refractivity contribution is 0.0599.